The van der Waals surface area contributed by atoms with Crippen molar-refractivity contribution < 1.29 is 4.74 Å². The van der Waals surface area contributed by atoms with E-state index in [1.165, 1.54) is 5.56 Å². The van der Waals surface area contributed by atoms with Gasteiger partial charge in [-0.25, -0.2) is 0 Å². The van der Waals surface area contributed by atoms with Crippen LogP contribution >= 0.6 is 34.8 Å². The molecule has 0 aromatic heterocycles. The SMILES string of the molecule is Cc1ccc(C2(CC(Cl)(Cl)Cl)CO2)cc1. The van der Waals surface area contributed by atoms with Crippen LogP contribution in [0.25, 0.3) is 0 Å². The maximum absolute atomic E-state index is 5.79. The number of hydrogen-bond acceptors (Lipinski definition) is 1. The maximum atomic E-state index is 5.79. The largest absolute Gasteiger partial charge is 0.364 e. The van der Waals surface area contributed by atoms with Crippen LogP contribution in [0.2, 0.25) is 0 Å². The second-order valence-corrected chi connectivity index (χ2v) is 6.46. The molecule has 2 rings (SSSR count). The molecule has 4 heteroatoms. The van der Waals surface area contributed by atoms with Gasteiger partial charge in [-0.3, -0.25) is 0 Å². The number of alkyl halides is 3. The first-order chi connectivity index (χ1) is 6.91. The van der Waals surface area contributed by atoms with E-state index < -0.39 is 3.79 Å². The van der Waals surface area contributed by atoms with Crippen molar-refractivity contribution in [3.63, 3.8) is 0 Å². The van der Waals surface area contributed by atoms with Gasteiger partial charge >= 0.3 is 0 Å². The lowest BCUT2D eigenvalue weighted by atomic mass is 9.96. The van der Waals surface area contributed by atoms with Gasteiger partial charge in [0.05, 0.1) is 6.61 Å². The van der Waals surface area contributed by atoms with Crippen LogP contribution in [0.3, 0.4) is 0 Å². The molecule has 0 aliphatic carbocycles. The van der Waals surface area contributed by atoms with Crippen LogP contribution < -0.4 is 0 Å². The summed E-state index contributed by atoms with van der Waals surface area (Å²) < 4.78 is 4.18. The van der Waals surface area contributed by atoms with E-state index in [1.54, 1.807) is 0 Å². The van der Waals surface area contributed by atoms with E-state index in [4.69, 9.17) is 39.5 Å². The summed E-state index contributed by atoms with van der Waals surface area (Å²) in [4.78, 5) is 0. The molecule has 0 saturated carbocycles. The minimum atomic E-state index is -1.26. The molecule has 1 aromatic carbocycles. The van der Waals surface area contributed by atoms with E-state index in [-0.39, 0.29) is 5.60 Å². The first-order valence-corrected chi connectivity index (χ1v) is 5.83. The Morgan fingerprint density at radius 3 is 2.20 bits per heavy atom. The van der Waals surface area contributed by atoms with Gasteiger partial charge in [0, 0.05) is 6.42 Å². The van der Waals surface area contributed by atoms with Crippen molar-refractivity contribution in [3.8, 4) is 0 Å². The van der Waals surface area contributed by atoms with Gasteiger partial charge in [0.15, 0.2) is 3.79 Å². The molecule has 1 saturated heterocycles. The number of hydrogen-bond donors (Lipinski definition) is 0. The molecule has 1 atom stereocenters. The zero-order valence-corrected chi connectivity index (χ0v) is 10.5. The second kappa shape index (κ2) is 3.81. The van der Waals surface area contributed by atoms with Gasteiger partial charge in [0.1, 0.15) is 5.60 Å². The molecular formula is C11H11Cl3O. The third-order valence-electron chi connectivity index (χ3n) is 2.56. The van der Waals surface area contributed by atoms with Crippen LogP contribution in [0.5, 0.6) is 0 Å². The van der Waals surface area contributed by atoms with Crippen LogP contribution in [0.15, 0.2) is 24.3 Å². The van der Waals surface area contributed by atoms with Gasteiger partial charge in [0.25, 0.3) is 0 Å². The Kier molecular flexibility index (Phi) is 2.93. The molecule has 0 N–H and O–H groups in total. The van der Waals surface area contributed by atoms with Gasteiger partial charge in [-0.2, -0.15) is 0 Å². The Bertz CT molecular complexity index is 349. The summed E-state index contributed by atoms with van der Waals surface area (Å²) in [6.45, 7) is 2.67. The van der Waals surface area contributed by atoms with Crippen molar-refractivity contribution in [2.75, 3.05) is 6.61 Å². The van der Waals surface area contributed by atoms with Gasteiger partial charge in [-0.15, -0.1) is 0 Å². The quantitative estimate of drug-likeness (QED) is 0.582. The Morgan fingerprint density at radius 2 is 1.80 bits per heavy atom. The van der Waals surface area contributed by atoms with Crippen molar-refractivity contribution >= 4 is 34.8 Å². The van der Waals surface area contributed by atoms with Crippen molar-refractivity contribution in [2.45, 2.75) is 22.7 Å². The molecule has 0 amide bonds. The lowest BCUT2D eigenvalue weighted by molar-refractivity contribution is 0.295. The number of halogens is 3. The highest BCUT2D eigenvalue weighted by atomic mass is 35.6. The fourth-order valence-electron chi connectivity index (χ4n) is 1.64. The third kappa shape index (κ3) is 2.79. The summed E-state index contributed by atoms with van der Waals surface area (Å²) in [5, 5.41) is 0. The molecule has 1 aliphatic heterocycles. The van der Waals surface area contributed by atoms with E-state index in [2.05, 4.69) is 0 Å². The zero-order chi connectivity index (χ0) is 11.1. The van der Waals surface area contributed by atoms with Gasteiger partial charge in [-0.1, -0.05) is 64.6 Å². The summed E-state index contributed by atoms with van der Waals surface area (Å²) in [5.74, 6) is 0. The topological polar surface area (TPSA) is 12.5 Å². The molecule has 1 fully saturated rings. The third-order valence-corrected chi connectivity index (χ3v) is 2.96. The summed E-state index contributed by atoms with van der Waals surface area (Å²) in [6.07, 6.45) is 0.397. The van der Waals surface area contributed by atoms with Crippen LogP contribution in [0, 0.1) is 6.92 Å². The molecule has 0 spiro atoms. The minimum absolute atomic E-state index is 0.376. The minimum Gasteiger partial charge on any atom is -0.364 e. The average molecular weight is 266 g/mol. The standard InChI is InChI=1S/C11H11Cl3O/c1-8-2-4-9(5-3-8)10(7-15-10)6-11(12,13)14/h2-5H,6-7H2,1H3. The van der Waals surface area contributed by atoms with E-state index in [9.17, 15) is 0 Å². The molecule has 1 unspecified atom stereocenters. The fourth-order valence-corrected chi connectivity index (χ4v) is 2.29. The predicted molar refractivity (Wildman–Crippen MR) is 63.7 cm³/mol. The highest BCUT2D eigenvalue weighted by Gasteiger charge is 2.51. The molecule has 1 aromatic rings. The summed E-state index contributed by atoms with van der Waals surface area (Å²) in [7, 11) is 0. The fraction of sp³-hybridized carbons (Fsp3) is 0.455. The summed E-state index contributed by atoms with van der Waals surface area (Å²) in [6, 6.07) is 8.13. The van der Waals surface area contributed by atoms with Crippen molar-refractivity contribution in [1.82, 2.24) is 0 Å². The molecule has 1 aliphatic rings. The molecule has 1 heterocycles. The van der Waals surface area contributed by atoms with Gasteiger partial charge in [-0.05, 0) is 12.5 Å². The Labute approximate surface area is 104 Å². The van der Waals surface area contributed by atoms with E-state index in [1.807, 2.05) is 31.2 Å². The number of ether oxygens (including phenoxy) is 1. The number of epoxide rings is 1. The first kappa shape index (κ1) is 11.5. The lowest BCUT2D eigenvalue weighted by Crippen LogP contribution is -2.18. The Hall–Kier alpha value is 0.0500. The number of rotatable bonds is 2. The Morgan fingerprint density at radius 1 is 1.27 bits per heavy atom. The zero-order valence-electron chi connectivity index (χ0n) is 8.27. The predicted octanol–water partition coefficient (Wildman–Crippen LogP) is 3.98. The monoisotopic (exact) mass is 264 g/mol. The highest BCUT2D eigenvalue weighted by molar-refractivity contribution is 6.67. The van der Waals surface area contributed by atoms with Crippen LogP contribution in [0.1, 0.15) is 17.5 Å². The number of benzene rings is 1. The first-order valence-electron chi connectivity index (χ1n) is 4.69. The summed E-state index contributed by atoms with van der Waals surface area (Å²) in [5.41, 5.74) is 1.92. The smallest absolute Gasteiger partial charge is 0.193 e. The van der Waals surface area contributed by atoms with Crippen LogP contribution in [0.4, 0.5) is 0 Å². The average Bonchev–Trinajstić information content (AvgIpc) is 2.83. The second-order valence-electron chi connectivity index (χ2n) is 3.94. The van der Waals surface area contributed by atoms with Crippen LogP contribution in [-0.4, -0.2) is 10.4 Å². The van der Waals surface area contributed by atoms with Crippen LogP contribution in [-0.2, 0) is 10.3 Å². The van der Waals surface area contributed by atoms with Gasteiger partial charge in [0.2, 0.25) is 0 Å². The normalized spacial score (nSPS) is 25.3. The van der Waals surface area contributed by atoms with E-state index in [0.717, 1.165) is 5.56 Å². The molecular weight excluding hydrogens is 254 g/mol. The molecule has 82 valence electrons. The molecule has 1 nitrogen and oxygen atoms in total. The Balaban J connectivity index is 2.20. The molecule has 0 radical (unpaired) electrons. The van der Waals surface area contributed by atoms with Gasteiger partial charge < -0.3 is 4.74 Å². The maximum Gasteiger partial charge on any atom is 0.193 e. The summed E-state index contributed by atoms with van der Waals surface area (Å²) >= 11 is 17.4. The molecule has 15 heavy (non-hydrogen) atoms. The van der Waals surface area contributed by atoms with Crippen molar-refractivity contribution in [2.24, 2.45) is 0 Å². The number of aryl methyl sites for hydroxylation is 1. The van der Waals surface area contributed by atoms with Crippen molar-refractivity contribution in [3.05, 3.63) is 35.4 Å². The highest BCUT2D eigenvalue weighted by Crippen LogP contribution is 2.49. The molecule has 0 bridgehead atoms. The lowest BCUT2D eigenvalue weighted by Gasteiger charge is -2.17. The van der Waals surface area contributed by atoms with Crippen molar-refractivity contribution in [1.29, 1.82) is 0 Å². The van der Waals surface area contributed by atoms with E-state index in [0.29, 0.717) is 13.0 Å². The van der Waals surface area contributed by atoms with E-state index >= 15 is 0 Å².